The molecule has 2 heterocycles. The zero-order chi connectivity index (χ0) is 23.1. The van der Waals surface area contributed by atoms with Crippen LogP contribution in [-0.4, -0.2) is 17.6 Å². The summed E-state index contributed by atoms with van der Waals surface area (Å²) in [7, 11) is 0. The number of alkyl halides is 3. The number of anilines is 1. The summed E-state index contributed by atoms with van der Waals surface area (Å²) in [4.78, 5) is 14.6. The van der Waals surface area contributed by atoms with Gasteiger partial charge in [-0.1, -0.05) is 30.3 Å². The number of carboxylic acids is 1. The lowest BCUT2D eigenvalue weighted by Crippen LogP contribution is -2.30. The Kier molecular flexibility index (Phi) is 5.79. The summed E-state index contributed by atoms with van der Waals surface area (Å²) in [5.41, 5.74) is 2.83. The predicted molar refractivity (Wildman–Crippen MR) is 121 cm³/mol. The van der Waals surface area contributed by atoms with Gasteiger partial charge in [-0.3, -0.25) is 4.79 Å². The van der Waals surface area contributed by atoms with Crippen molar-refractivity contribution >= 4 is 22.3 Å². The normalized spacial score (nSPS) is 14.3. The summed E-state index contributed by atoms with van der Waals surface area (Å²) in [6.45, 7) is 5.07. The first-order valence-corrected chi connectivity index (χ1v) is 11.2. The number of aliphatic carboxylic acids is 1. The maximum absolute atomic E-state index is 12.8. The molecular formula is C25H24F3NO2S. The molecule has 7 heteroatoms. The van der Waals surface area contributed by atoms with Crippen LogP contribution in [0.1, 0.15) is 36.1 Å². The summed E-state index contributed by atoms with van der Waals surface area (Å²) in [5, 5.41) is 10.5. The molecule has 0 bridgehead atoms. The van der Waals surface area contributed by atoms with Crippen molar-refractivity contribution in [3.05, 3.63) is 76.9 Å². The van der Waals surface area contributed by atoms with Crippen molar-refractivity contribution in [3.63, 3.8) is 0 Å². The van der Waals surface area contributed by atoms with Gasteiger partial charge in [0.2, 0.25) is 0 Å². The van der Waals surface area contributed by atoms with Gasteiger partial charge in [-0.15, -0.1) is 11.3 Å². The average molecular weight is 460 g/mol. The molecule has 1 N–H and O–H groups in total. The number of carboxylic acid groups (broad SMARTS) is 1. The van der Waals surface area contributed by atoms with Gasteiger partial charge in [-0.2, -0.15) is 13.2 Å². The molecular weight excluding hydrogens is 435 g/mol. The van der Waals surface area contributed by atoms with E-state index >= 15 is 0 Å². The van der Waals surface area contributed by atoms with Crippen molar-refractivity contribution < 1.29 is 23.1 Å². The minimum absolute atomic E-state index is 0.487. The Morgan fingerprint density at radius 1 is 1.03 bits per heavy atom. The van der Waals surface area contributed by atoms with E-state index in [1.807, 2.05) is 18.2 Å². The Hall–Kier alpha value is -2.80. The fourth-order valence-corrected chi connectivity index (χ4v) is 5.00. The van der Waals surface area contributed by atoms with Crippen LogP contribution in [0.5, 0.6) is 0 Å². The van der Waals surface area contributed by atoms with Gasteiger partial charge in [0.25, 0.3) is 0 Å². The summed E-state index contributed by atoms with van der Waals surface area (Å²) in [6.07, 6.45) is -2.98. The smallest absolute Gasteiger partial charge is 0.416 e. The summed E-state index contributed by atoms with van der Waals surface area (Å²) in [6, 6.07) is 15.5. The van der Waals surface area contributed by atoms with Crippen molar-refractivity contribution in [1.82, 2.24) is 0 Å². The molecule has 0 spiro atoms. The zero-order valence-corrected chi connectivity index (χ0v) is 18.7. The van der Waals surface area contributed by atoms with E-state index < -0.39 is 23.1 Å². The summed E-state index contributed by atoms with van der Waals surface area (Å²) in [5.74, 6) is -0.803. The zero-order valence-electron chi connectivity index (χ0n) is 17.9. The highest BCUT2D eigenvalue weighted by atomic mass is 32.1. The lowest BCUT2D eigenvalue weighted by atomic mass is 9.84. The van der Waals surface area contributed by atoms with E-state index in [0.717, 1.165) is 52.6 Å². The van der Waals surface area contributed by atoms with Crippen LogP contribution >= 0.6 is 11.3 Å². The second kappa shape index (κ2) is 8.28. The van der Waals surface area contributed by atoms with Crippen molar-refractivity contribution in [2.24, 2.45) is 5.41 Å². The van der Waals surface area contributed by atoms with E-state index in [1.54, 1.807) is 25.2 Å². The largest absolute Gasteiger partial charge is 0.481 e. The van der Waals surface area contributed by atoms with Gasteiger partial charge in [-0.25, -0.2) is 0 Å². The molecule has 2 aromatic carbocycles. The molecule has 1 aliphatic rings. The second-order valence-corrected chi connectivity index (χ2v) is 9.92. The molecule has 0 saturated carbocycles. The van der Waals surface area contributed by atoms with E-state index in [-0.39, 0.29) is 0 Å². The maximum atomic E-state index is 12.8. The first-order valence-electron chi connectivity index (χ1n) is 10.4. The van der Waals surface area contributed by atoms with Crippen LogP contribution in [0.4, 0.5) is 18.2 Å². The number of halogens is 3. The Labute approximate surface area is 189 Å². The third-order valence-corrected chi connectivity index (χ3v) is 7.10. The van der Waals surface area contributed by atoms with Gasteiger partial charge in [0.05, 0.1) is 16.0 Å². The highest BCUT2D eigenvalue weighted by Gasteiger charge is 2.30. The molecule has 168 valence electrons. The van der Waals surface area contributed by atoms with E-state index in [4.69, 9.17) is 0 Å². The number of hydrogen-bond acceptors (Lipinski definition) is 3. The molecule has 32 heavy (non-hydrogen) atoms. The van der Waals surface area contributed by atoms with E-state index in [1.165, 1.54) is 23.3 Å². The Morgan fingerprint density at radius 3 is 2.41 bits per heavy atom. The fourth-order valence-electron chi connectivity index (χ4n) is 3.97. The highest BCUT2D eigenvalue weighted by molar-refractivity contribution is 7.19. The molecule has 0 atom stereocenters. The first-order chi connectivity index (χ1) is 15.0. The molecule has 3 aromatic rings. The van der Waals surface area contributed by atoms with Crippen LogP contribution in [0.25, 0.3) is 10.4 Å². The predicted octanol–water partition coefficient (Wildman–Crippen LogP) is 6.65. The molecule has 0 radical (unpaired) electrons. The lowest BCUT2D eigenvalue weighted by molar-refractivity contribution is -0.146. The van der Waals surface area contributed by atoms with Gasteiger partial charge >= 0.3 is 12.1 Å². The van der Waals surface area contributed by atoms with Gasteiger partial charge in [0, 0.05) is 18.0 Å². The minimum Gasteiger partial charge on any atom is -0.481 e. The molecule has 0 amide bonds. The maximum Gasteiger partial charge on any atom is 0.416 e. The Balaban J connectivity index is 1.48. The summed E-state index contributed by atoms with van der Waals surface area (Å²) < 4.78 is 38.4. The number of nitrogens with zero attached hydrogens (tertiary/aromatic N) is 1. The second-order valence-electron chi connectivity index (χ2n) is 8.85. The SMILES string of the molecule is CC(C)(Cc1ccc2c(c1)CCN(c1ccc(-c3ccc(C(F)(F)F)cc3)s1)C2)C(=O)O. The van der Waals surface area contributed by atoms with Crippen LogP contribution < -0.4 is 4.90 Å². The van der Waals surface area contributed by atoms with Crippen molar-refractivity contribution in [3.8, 4) is 10.4 Å². The van der Waals surface area contributed by atoms with Crippen LogP contribution in [0.15, 0.2) is 54.6 Å². The lowest BCUT2D eigenvalue weighted by Gasteiger charge is -2.30. The molecule has 1 aromatic heterocycles. The van der Waals surface area contributed by atoms with Gasteiger partial charge < -0.3 is 10.0 Å². The van der Waals surface area contributed by atoms with Gasteiger partial charge in [0.15, 0.2) is 0 Å². The summed E-state index contributed by atoms with van der Waals surface area (Å²) >= 11 is 1.57. The van der Waals surface area contributed by atoms with Gasteiger partial charge in [0.1, 0.15) is 0 Å². The quantitative estimate of drug-likeness (QED) is 0.464. The van der Waals surface area contributed by atoms with E-state index in [0.29, 0.717) is 6.42 Å². The van der Waals surface area contributed by atoms with E-state index in [9.17, 15) is 23.1 Å². The molecule has 0 saturated heterocycles. The van der Waals surface area contributed by atoms with Gasteiger partial charge in [-0.05, 0) is 73.2 Å². The van der Waals surface area contributed by atoms with Crippen LogP contribution in [-0.2, 0) is 30.4 Å². The van der Waals surface area contributed by atoms with Crippen molar-refractivity contribution in [2.45, 2.75) is 39.4 Å². The minimum atomic E-state index is -4.33. The number of thiophene rings is 1. The molecule has 0 unspecified atom stereocenters. The van der Waals surface area contributed by atoms with Crippen LogP contribution in [0.2, 0.25) is 0 Å². The molecule has 3 nitrogen and oxygen atoms in total. The number of fused-ring (bicyclic) bond motifs is 1. The average Bonchev–Trinajstić information content (AvgIpc) is 3.23. The molecule has 4 rings (SSSR count). The molecule has 0 aliphatic carbocycles. The first kappa shape index (κ1) is 22.4. The third-order valence-electron chi connectivity index (χ3n) is 5.91. The van der Waals surface area contributed by atoms with Crippen molar-refractivity contribution in [2.75, 3.05) is 11.4 Å². The fraction of sp³-hybridized carbons (Fsp3) is 0.320. The number of hydrogen-bond donors (Lipinski definition) is 1. The molecule has 0 fully saturated rings. The Morgan fingerprint density at radius 2 is 1.75 bits per heavy atom. The monoisotopic (exact) mass is 459 g/mol. The number of rotatable bonds is 5. The standard InChI is InChI=1S/C25H24F3NO2S/c1-24(2,23(30)31)14-16-3-4-19-15-29(12-11-18(19)13-16)22-10-9-21(32-22)17-5-7-20(8-6-17)25(26,27)28/h3-10,13H,11-12,14-15H2,1-2H3,(H,30,31). The topological polar surface area (TPSA) is 40.5 Å². The van der Waals surface area contributed by atoms with Crippen molar-refractivity contribution in [1.29, 1.82) is 0 Å². The third kappa shape index (κ3) is 4.67. The highest BCUT2D eigenvalue weighted by Crippen LogP contribution is 2.37. The molecule has 1 aliphatic heterocycles. The van der Waals surface area contributed by atoms with Crippen LogP contribution in [0, 0.1) is 5.41 Å². The Bertz CT molecular complexity index is 1130. The van der Waals surface area contributed by atoms with Crippen LogP contribution in [0.3, 0.4) is 0 Å². The number of carbonyl (C=O) groups is 1. The number of benzene rings is 2. The van der Waals surface area contributed by atoms with E-state index in [2.05, 4.69) is 17.0 Å².